The van der Waals surface area contributed by atoms with Crippen LogP contribution in [-0.2, 0) is 15.0 Å². The fraction of sp³-hybridized carbons (Fsp3) is 0.786. The molecule has 2 fully saturated rings. The number of carbonyl (C=O) groups excluding carboxylic acids is 1. The highest BCUT2D eigenvalue weighted by atomic mass is 32.2. The van der Waals surface area contributed by atoms with E-state index in [9.17, 15) is 13.2 Å². The molecule has 124 valence electrons. The maximum atomic E-state index is 12.5. The summed E-state index contributed by atoms with van der Waals surface area (Å²) in [5.74, 6) is 2.25. The minimum absolute atomic E-state index is 0.117. The van der Waals surface area contributed by atoms with Gasteiger partial charge in [-0.2, -0.15) is 17.0 Å². The molecule has 0 unspecified atom stereocenters. The molecule has 8 heteroatoms. The number of hydrogen-bond acceptors (Lipinski definition) is 4. The summed E-state index contributed by atoms with van der Waals surface area (Å²) < 4.78 is 28.2. The summed E-state index contributed by atoms with van der Waals surface area (Å²) in [6.07, 6.45) is 7.71. The molecule has 2 rings (SSSR count). The second-order valence-electron chi connectivity index (χ2n) is 5.62. The number of nitrogens with one attached hydrogen (secondary N) is 1. The third kappa shape index (κ3) is 4.43. The molecule has 0 aromatic heterocycles. The standard InChI is InChI=1S/C14H24N4O3S/c1-2-6-15-14(19)13-16-7-5-10-18(12-11-16)22(20,21)17-8-3-4-9-17/h1H,3-13H2,(H,15,19). The lowest BCUT2D eigenvalue weighted by Gasteiger charge is -2.26. The molecule has 0 aromatic rings. The van der Waals surface area contributed by atoms with E-state index in [1.54, 1.807) is 8.61 Å². The van der Waals surface area contributed by atoms with Gasteiger partial charge in [0.2, 0.25) is 5.91 Å². The third-order valence-electron chi connectivity index (χ3n) is 4.02. The molecule has 2 saturated heterocycles. The van der Waals surface area contributed by atoms with Crippen molar-refractivity contribution in [3.63, 3.8) is 0 Å². The minimum atomic E-state index is -3.34. The van der Waals surface area contributed by atoms with Gasteiger partial charge in [0.25, 0.3) is 10.2 Å². The Morgan fingerprint density at radius 3 is 2.32 bits per heavy atom. The molecule has 2 heterocycles. The van der Waals surface area contributed by atoms with Crippen LogP contribution in [0.15, 0.2) is 0 Å². The average Bonchev–Trinajstić information content (AvgIpc) is 2.93. The Bertz CT molecular complexity index is 523. The minimum Gasteiger partial charge on any atom is -0.344 e. The summed E-state index contributed by atoms with van der Waals surface area (Å²) in [6, 6.07) is 0. The Morgan fingerprint density at radius 1 is 1.00 bits per heavy atom. The van der Waals surface area contributed by atoms with Gasteiger partial charge in [0.1, 0.15) is 0 Å². The number of carbonyl (C=O) groups is 1. The number of amides is 1. The van der Waals surface area contributed by atoms with Crippen molar-refractivity contribution in [1.29, 1.82) is 0 Å². The van der Waals surface area contributed by atoms with Gasteiger partial charge in [-0.05, 0) is 25.8 Å². The zero-order valence-electron chi connectivity index (χ0n) is 12.8. The van der Waals surface area contributed by atoms with Gasteiger partial charge in [-0.1, -0.05) is 5.92 Å². The van der Waals surface area contributed by atoms with Crippen LogP contribution in [0, 0.1) is 12.3 Å². The van der Waals surface area contributed by atoms with E-state index in [0.717, 1.165) is 25.8 Å². The van der Waals surface area contributed by atoms with E-state index >= 15 is 0 Å². The summed E-state index contributed by atoms with van der Waals surface area (Å²) in [5, 5.41) is 2.63. The van der Waals surface area contributed by atoms with Crippen LogP contribution in [0.3, 0.4) is 0 Å². The Labute approximate surface area is 132 Å². The van der Waals surface area contributed by atoms with Gasteiger partial charge in [-0.3, -0.25) is 9.69 Å². The number of terminal acetylenes is 1. The third-order valence-corrected chi connectivity index (χ3v) is 6.06. The Balaban J connectivity index is 1.87. The maximum absolute atomic E-state index is 12.5. The molecule has 0 radical (unpaired) electrons. The molecule has 0 saturated carbocycles. The molecule has 1 amide bonds. The first-order chi connectivity index (χ1) is 10.5. The summed E-state index contributed by atoms with van der Waals surface area (Å²) in [7, 11) is -3.34. The monoisotopic (exact) mass is 328 g/mol. The topological polar surface area (TPSA) is 73.0 Å². The van der Waals surface area contributed by atoms with Gasteiger partial charge in [-0.25, -0.2) is 0 Å². The zero-order chi connectivity index (χ0) is 16.0. The van der Waals surface area contributed by atoms with Gasteiger partial charge in [-0.15, -0.1) is 6.42 Å². The second kappa shape index (κ2) is 7.92. The molecule has 1 N–H and O–H groups in total. The van der Waals surface area contributed by atoms with Crippen molar-refractivity contribution >= 4 is 16.1 Å². The van der Waals surface area contributed by atoms with Gasteiger partial charge >= 0.3 is 0 Å². The van der Waals surface area contributed by atoms with Crippen LogP contribution < -0.4 is 5.32 Å². The van der Waals surface area contributed by atoms with Crippen LogP contribution in [0.5, 0.6) is 0 Å². The van der Waals surface area contributed by atoms with Gasteiger partial charge < -0.3 is 5.32 Å². The fourth-order valence-electron chi connectivity index (χ4n) is 2.83. The van der Waals surface area contributed by atoms with Crippen molar-refractivity contribution in [2.75, 3.05) is 52.4 Å². The van der Waals surface area contributed by atoms with Crippen molar-refractivity contribution in [1.82, 2.24) is 18.8 Å². The fourth-order valence-corrected chi connectivity index (χ4v) is 4.55. The molecule has 0 spiro atoms. The summed E-state index contributed by atoms with van der Waals surface area (Å²) in [5.41, 5.74) is 0. The Kier molecular flexibility index (Phi) is 6.20. The first kappa shape index (κ1) is 17.2. The lowest BCUT2D eigenvalue weighted by molar-refractivity contribution is -0.121. The quantitative estimate of drug-likeness (QED) is 0.663. The smallest absolute Gasteiger partial charge is 0.282 e. The van der Waals surface area contributed by atoms with E-state index in [-0.39, 0.29) is 19.0 Å². The Morgan fingerprint density at radius 2 is 1.64 bits per heavy atom. The lowest BCUT2D eigenvalue weighted by Crippen LogP contribution is -2.44. The van der Waals surface area contributed by atoms with Crippen LogP contribution in [0.25, 0.3) is 0 Å². The van der Waals surface area contributed by atoms with Crippen molar-refractivity contribution in [3.05, 3.63) is 0 Å². The van der Waals surface area contributed by atoms with E-state index < -0.39 is 10.2 Å². The van der Waals surface area contributed by atoms with Gasteiger partial charge in [0.05, 0.1) is 13.1 Å². The summed E-state index contributed by atoms with van der Waals surface area (Å²) in [4.78, 5) is 13.7. The molecule has 0 bridgehead atoms. The molecule has 2 aliphatic heterocycles. The van der Waals surface area contributed by atoms with Crippen molar-refractivity contribution < 1.29 is 13.2 Å². The zero-order valence-corrected chi connectivity index (χ0v) is 13.6. The summed E-state index contributed by atoms with van der Waals surface area (Å²) >= 11 is 0. The highest BCUT2D eigenvalue weighted by Crippen LogP contribution is 2.18. The van der Waals surface area contributed by atoms with Crippen LogP contribution in [0.4, 0.5) is 0 Å². The van der Waals surface area contributed by atoms with Crippen molar-refractivity contribution in [2.45, 2.75) is 19.3 Å². The first-order valence-electron chi connectivity index (χ1n) is 7.72. The van der Waals surface area contributed by atoms with Gasteiger partial charge in [0.15, 0.2) is 0 Å². The van der Waals surface area contributed by atoms with E-state index in [2.05, 4.69) is 11.2 Å². The predicted octanol–water partition coefficient (Wildman–Crippen LogP) is -0.916. The second-order valence-corrected chi connectivity index (χ2v) is 7.55. The SMILES string of the molecule is C#CCNC(=O)CN1CCCN(S(=O)(=O)N2CCCC2)CC1. The van der Waals surface area contributed by atoms with Crippen LogP contribution >= 0.6 is 0 Å². The summed E-state index contributed by atoms with van der Waals surface area (Å²) in [6.45, 7) is 3.96. The highest BCUT2D eigenvalue weighted by molar-refractivity contribution is 7.86. The van der Waals surface area contributed by atoms with Crippen LogP contribution in [0.2, 0.25) is 0 Å². The molecule has 7 nitrogen and oxygen atoms in total. The van der Waals surface area contributed by atoms with E-state index in [4.69, 9.17) is 6.42 Å². The first-order valence-corrected chi connectivity index (χ1v) is 9.11. The van der Waals surface area contributed by atoms with Crippen LogP contribution in [-0.4, -0.2) is 80.2 Å². The molecular formula is C14H24N4O3S. The molecule has 0 atom stereocenters. The van der Waals surface area contributed by atoms with E-state index in [1.165, 1.54) is 0 Å². The number of rotatable bonds is 5. The molecule has 0 aliphatic carbocycles. The van der Waals surface area contributed by atoms with Crippen molar-refractivity contribution in [3.8, 4) is 12.3 Å². The van der Waals surface area contributed by atoms with Crippen LogP contribution in [0.1, 0.15) is 19.3 Å². The Hall–Kier alpha value is -1.14. The van der Waals surface area contributed by atoms with E-state index in [0.29, 0.717) is 32.7 Å². The molecule has 0 aromatic carbocycles. The largest absolute Gasteiger partial charge is 0.344 e. The number of hydrogen-bond donors (Lipinski definition) is 1. The average molecular weight is 328 g/mol. The maximum Gasteiger partial charge on any atom is 0.282 e. The normalized spacial score (nSPS) is 22.1. The molecular weight excluding hydrogens is 304 g/mol. The van der Waals surface area contributed by atoms with Crippen molar-refractivity contribution in [2.24, 2.45) is 0 Å². The predicted molar refractivity (Wildman–Crippen MR) is 84.2 cm³/mol. The van der Waals surface area contributed by atoms with E-state index in [1.807, 2.05) is 4.90 Å². The molecule has 2 aliphatic rings. The molecule has 22 heavy (non-hydrogen) atoms. The number of nitrogens with zero attached hydrogens (tertiary/aromatic N) is 3. The highest BCUT2D eigenvalue weighted by Gasteiger charge is 2.32. The van der Waals surface area contributed by atoms with Gasteiger partial charge in [0, 0.05) is 32.7 Å². The lowest BCUT2D eigenvalue weighted by atomic mass is 10.4.